The van der Waals surface area contributed by atoms with Crippen LogP contribution in [0.1, 0.15) is 0 Å². The summed E-state index contributed by atoms with van der Waals surface area (Å²) in [5, 5.41) is 17.0. The van der Waals surface area contributed by atoms with Crippen molar-refractivity contribution in [2.75, 3.05) is 0 Å². The van der Waals surface area contributed by atoms with Gasteiger partial charge in [-0.15, -0.1) is 0 Å². The summed E-state index contributed by atoms with van der Waals surface area (Å²) in [6.45, 7) is 0. The summed E-state index contributed by atoms with van der Waals surface area (Å²) in [4.78, 5) is 0.703. The van der Waals surface area contributed by atoms with Gasteiger partial charge in [0.25, 0.3) is 0 Å². The Hall–Kier alpha value is -1.71. The van der Waals surface area contributed by atoms with E-state index < -0.39 is 0 Å². The van der Waals surface area contributed by atoms with Crippen molar-refractivity contribution < 1.29 is 0 Å². The van der Waals surface area contributed by atoms with Gasteiger partial charge in [-0.05, 0) is 12.2 Å². The molecule has 0 bridgehead atoms. The normalized spacial score (nSPS) is 13.8. The van der Waals surface area contributed by atoms with Crippen molar-refractivity contribution in [1.82, 2.24) is 0 Å². The molecule has 1 aliphatic carbocycles. The van der Waals surface area contributed by atoms with E-state index in [1.165, 1.54) is 0 Å². The number of hydrogen-bond acceptors (Lipinski definition) is 3. The number of hydrogen-bond donors (Lipinski definition) is 0. The SMILES string of the molecule is N#CC(C#N)=C1C=CC(=S)C=C1. The van der Waals surface area contributed by atoms with E-state index in [2.05, 4.69) is 0 Å². The van der Waals surface area contributed by atoms with Gasteiger partial charge in [0.15, 0.2) is 0 Å². The van der Waals surface area contributed by atoms with Gasteiger partial charge in [-0.1, -0.05) is 24.4 Å². The fourth-order valence-corrected chi connectivity index (χ4v) is 0.912. The number of rotatable bonds is 0. The van der Waals surface area contributed by atoms with Crippen molar-refractivity contribution in [1.29, 1.82) is 10.5 Å². The largest absolute Gasteiger partial charge is 0.192 e. The highest BCUT2D eigenvalue weighted by molar-refractivity contribution is 7.81. The first-order chi connectivity index (χ1) is 5.77. The first kappa shape index (κ1) is 8.39. The zero-order chi connectivity index (χ0) is 8.97. The molecule has 2 nitrogen and oxygen atoms in total. The fourth-order valence-electron chi connectivity index (χ4n) is 0.776. The van der Waals surface area contributed by atoms with E-state index in [4.69, 9.17) is 22.7 Å². The smallest absolute Gasteiger partial charge is 0.136 e. The zero-order valence-corrected chi connectivity index (χ0v) is 6.93. The average molecular weight is 172 g/mol. The van der Waals surface area contributed by atoms with Crippen molar-refractivity contribution in [2.24, 2.45) is 0 Å². The van der Waals surface area contributed by atoms with Crippen LogP contribution >= 0.6 is 12.2 Å². The van der Waals surface area contributed by atoms with E-state index in [0.29, 0.717) is 10.4 Å². The summed E-state index contributed by atoms with van der Waals surface area (Å²) in [5.74, 6) is 0. The van der Waals surface area contributed by atoms with Crippen LogP contribution in [0.3, 0.4) is 0 Å². The molecule has 0 spiro atoms. The molecule has 12 heavy (non-hydrogen) atoms. The van der Waals surface area contributed by atoms with Crippen LogP contribution in [0, 0.1) is 22.7 Å². The predicted octanol–water partition coefficient (Wildman–Crippen LogP) is 1.83. The van der Waals surface area contributed by atoms with Crippen molar-refractivity contribution in [2.45, 2.75) is 0 Å². The summed E-state index contributed by atoms with van der Waals surface area (Å²) in [5.41, 5.74) is 0.735. The Balaban J connectivity index is 3.10. The second kappa shape index (κ2) is 3.61. The van der Waals surface area contributed by atoms with Gasteiger partial charge in [-0.3, -0.25) is 0 Å². The van der Waals surface area contributed by atoms with Crippen LogP contribution in [-0.4, -0.2) is 4.86 Å². The van der Waals surface area contributed by atoms with Crippen LogP contribution in [0.15, 0.2) is 35.5 Å². The molecule has 56 valence electrons. The molecule has 0 aromatic heterocycles. The molecule has 0 unspecified atom stereocenters. The molecule has 0 fully saturated rings. The lowest BCUT2D eigenvalue weighted by Crippen LogP contribution is -1.91. The molecule has 0 aliphatic heterocycles. The van der Waals surface area contributed by atoms with E-state index in [1.54, 1.807) is 24.3 Å². The Morgan fingerprint density at radius 3 is 2.00 bits per heavy atom. The third-order valence-electron chi connectivity index (χ3n) is 1.37. The topological polar surface area (TPSA) is 47.6 Å². The number of nitriles is 2. The molecule has 0 saturated carbocycles. The molecule has 0 amide bonds. The molecule has 0 aromatic carbocycles. The van der Waals surface area contributed by atoms with Gasteiger partial charge in [0.1, 0.15) is 17.7 Å². The van der Waals surface area contributed by atoms with Crippen LogP contribution in [0.5, 0.6) is 0 Å². The Morgan fingerprint density at radius 2 is 1.58 bits per heavy atom. The Labute approximate surface area is 75.7 Å². The summed E-state index contributed by atoms with van der Waals surface area (Å²) in [7, 11) is 0. The second-order valence-corrected chi connectivity index (χ2v) is 2.59. The summed E-state index contributed by atoms with van der Waals surface area (Å²) in [6, 6.07) is 3.62. The number of nitrogens with zero attached hydrogens (tertiary/aromatic N) is 2. The molecule has 0 N–H and O–H groups in total. The highest BCUT2D eigenvalue weighted by Gasteiger charge is 2.02. The second-order valence-electron chi connectivity index (χ2n) is 2.12. The van der Waals surface area contributed by atoms with Gasteiger partial charge in [0.2, 0.25) is 0 Å². The minimum Gasteiger partial charge on any atom is -0.192 e. The third kappa shape index (κ3) is 1.66. The summed E-state index contributed by atoms with van der Waals surface area (Å²) >= 11 is 4.86. The molecule has 0 saturated heterocycles. The maximum absolute atomic E-state index is 8.51. The molecule has 0 atom stereocenters. The lowest BCUT2D eigenvalue weighted by atomic mass is 10.1. The molecule has 1 rings (SSSR count). The monoisotopic (exact) mass is 172 g/mol. The predicted molar refractivity (Wildman–Crippen MR) is 49.1 cm³/mol. The standard InChI is InChI=1S/C9H4N2S/c10-5-8(6-11)7-1-3-9(12)4-2-7/h1-4H. The fraction of sp³-hybridized carbons (Fsp3) is 0. The van der Waals surface area contributed by atoms with Crippen LogP contribution in [-0.2, 0) is 0 Å². The van der Waals surface area contributed by atoms with Gasteiger partial charge in [-0.25, -0.2) is 0 Å². The molecular formula is C9H4N2S. The quantitative estimate of drug-likeness (QED) is 0.413. The van der Waals surface area contributed by atoms with Crippen LogP contribution in [0.2, 0.25) is 0 Å². The van der Waals surface area contributed by atoms with Gasteiger partial charge in [-0.2, -0.15) is 10.5 Å². The zero-order valence-electron chi connectivity index (χ0n) is 6.11. The average Bonchev–Trinajstić information content (AvgIpc) is 2.10. The molecular weight excluding hydrogens is 168 g/mol. The van der Waals surface area contributed by atoms with Crippen molar-refractivity contribution in [3.05, 3.63) is 35.5 Å². The first-order valence-electron chi connectivity index (χ1n) is 3.22. The van der Waals surface area contributed by atoms with E-state index in [-0.39, 0.29) is 5.57 Å². The summed E-state index contributed by atoms with van der Waals surface area (Å²) < 4.78 is 0. The van der Waals surface area contributed by atoms with Crippen LogP contribution < -0.4 is 0 Å². The van der Waals surface area contributed by atoms with Gasteiger partial charge in [0, 0.05) is 10.4 Å². The van der Waals surface area contributed by atoms with Crippen molar-refractivity contribution in [3.8, 4) is 12.1 Å². The van der Waals surface area contributed by atoms with Gasteiger partial charge in [0.05, 0.1) is 0 Å². The highest BCUT2D eigenvalue weighted by Crippen LogP contribution is 2.11. The molecule has 0 heterocycles. The van der Waals surface area contributed by atoms with Gasteiger partial charge >= 0.3 is 0 Å². The van der Waals surface area contributed by atoms with Crippen molar-refractivity contribution in [3.63, 3.8) is 0 Å². The minimum atomic E-state index is 0.116. The maximum atomic E-state index is 8.51. The van der Waals surface area contributed by atoms with Crippen molar-refractivity contribution >= 4 is 17.1 Å². The van der Waals surface area contributed by atoms with E-state index in [9.17, 15) is 0 Å². The maximum Gasteiger partial charge on any atom is 0.136 e. The van der Waals surface area contributed by atoms with Crippen LogP contribution in [0.4, 0.5) is 0 Å². The van der Waals surface area contributed by atoms with E-state index >= 15 is 0 Å². The molecule has 0 aromatic rings. The summed E-state index contributed by atoms with van der Waals surface area (Å²) in [6.07, 6.45) is 6.73. The lowest BCUT2D eigenvalue weighted by molar-refractivity contribution is 1.44. The van der Waals surface area contributed by atoms with Gasteiger partial charge < -0.3 is 0 Å². The lowest BCUT2D eigenvalue weighted by Gasteiger charge is -1.98. The number of thiocarbonyl (C=S) groups is 1. The molecule has 0 radical (unpaired) electrons. The minimum absolute atomic E-state index is 0.116. The Kier molecular flexibility index (Phi) is 2.53. The molecule has 3 heteroatoms. The Morgan fingerprint density at radius 1 is 1.08 bits per heavy atom. The van der Waals surface area contributed by atoms with E-state index in [1.807, 2.05) is 12.1 Å². The number of allylic oxidation sites excluding steroid dienone is 6. The first-order valence-corrected chi connectivity index (χ1v) is 3.63. The highest BCUT2D eigenvalue weighted by atomic mass is 32.1. The van der Waals surface area contributed by atoms with E-state index in [0.717, 1.165) is 0 Å². The Bertz CT molecular complexity index is 352. The third-order valence-corrected chi connectivity index (χ3v) is 1.64. The van der Waals surface area contributed by atoms with Crippen LogP contribution in [0.25, 0.3) is 0 Å². The molecule has 1 aliphatic rings.